The molecule has 0 bridgehead atoms. The Morgan fingerprint density at radius 3 is 2.72 bits per heavy atom. The van der Waals surface area contributed by atoms with Crippen molar-refractivity contribution in [2.75, 3.05) is 12.1 Å². The molecule has 0 amide bonds. The van der Waals surface area contributed by atoms with Gasteiger partial charge in [-0.1, -0.05) is 22.4 Å². The summed E-state index contributed by atoms with van der Waals surface area (Å²) in [5, 5.41) is 10.8. The van der Waals surface area contributed by atoms with Gasteiger partial charge >= 0.3 is 0 Å². The van der Waals surface area contributed by atoms with Gasteiger partial charge in [0, 0.05) is 11.8 Å². The van der Waals surface area contributed by atoms with Crippen LogP contribution >= 0.6 is 15.9 Å². The average molecular weight is 317 g/mol. The molecule has 1 N–H and O–H groups in total. The fourth-order valence-electron chi connectivity index (χ4n) is 2.09. The number of ether oxygens (including phenoxy) is 2. The summed E-state index contributed by atoms with van der Waals surface area (Å²) in [7, 11) is 0. The Hall–Kier alpha value is -0.650. The van der Waals surface area contributed by atoms with Gasteiger partial charge in [0.15, 0.2) is 5.78 Å². The minimum atomic E-state index is -0.255. The molecule has 2 aliphatic rings. The number of fused-ring (bicyclic) bond motifs is 1. The number of carbonyl (C=O) groups excluding carboxylic acids is 1. The number of hydrogen-bond acceptors (Lipinski definition) is 4. The molecule has 1 fully saturated rings. The van der Waals surface area contributed by atoms with Crippen molar-refractivity contribution in [3.05, 3.63) is 23.5 Å². The number of hydrogen-bond donors (Lipinski definition) is 1. The van der Waals surface area contributed by atoms with Crippen molar-refractivity contribution in [2.45, 2.75) is 37.9 Å². The fourth-order valence-corrected chi connectivity index (χ4v) is 2.49. The average Bonchev–Trinajstić information content (AvgIpc) is 2.80. The lowest BCUT2D eigenvalue weighted by Gasteiger charge is -2.18. The van der Waals surface area contributed by atoms with Crippen LogP contribution in [-0.2, 0) is 14.3 Å². The van der Waals surface area contributed by atoms with Crippen LogP contribution < -0.4 is 0 Å². The molecule has 0 aromatic rings. The van der Waals surface area contributed by atoms with Gasteiger partial charge in [0.25, 0.3) is 0 Å². The molecule has 1 aliphatic carbocycles. The van der Waals surface area contributed by atoms with Crippen molar-refractivity contribution < 1.29 is 19.4 Å². The predicted octanol–water partition coefficient (Wildman–Crippen LogP) is 2.63. The smallest absolute Gasteiger partial charge is 0.166 e. The first-order chi connectivity index (χ1) is 8.72. The van der Waals surface area contributed by atoms with E-state index in [2.05, 4.69) is 15.9 Å². The molecule has 0 saturated carbocycles. The third-order valence-electron chi connectivity index (χ3n) is 3.11. The molecule has 18 heavy (non-hydrogen) atoms. The molecule has 4 nitrogen and oxygen atoms in total. The number of Topliss-reactive ketones (excluding diaryl/α,β-unsaturated/α-hetero) is 1. The minimum absolute atomic E-state index is 0.0206. The Kier molecular flexibility index (Phi) is 4.97. The van der Waals surface area contributed by atoms with E-state index in [0.29, 0.717) is 12.0 Å². The van der Waals surface area contributed by atoms with Crippen molar-refractivity contribution >= 4 is 21.7 Å². The molecular formula is C13H17BrO4. The van der Waals surface area contributed by atoms with Gasteiger partial charge < -0.3 is 14.6 Å². The van der Waals surface area contributed by atoms with Gasteiger partial charge in [-0.2, -0.15) is 0 Å². The minimum Gasteiger partial charge on any atom is -0.507 e. The lowest BCUT2D eigenvalue weighted by atomic mass is 9.95. The molecule has 1 heterocycles. The number of halogens is 1. The van der Waals surface area contributed by atoms with Crippen LogP contribution in [0.1, 0.15) is 25.7 Å². The quantitative estimate of drug-likeness (QED) is 0.604. The van der Waals surface area contributed by atoms with Crippen molar-refractivity contribution in [2.24, 2.45) is 0 Å². The van der Waals surface area contributed by atoms with E-state index in [1.807, 2.05) is 0 Å². The Labute approximate surface area is 115 Å². The second-order valence-corrected chi connectivity index (χ2v) is 5.23. The standard InChI is InChI=1S/C13H17BrO4/c14-5-3-1-2-4-10(15)9-6-12-13(7-11(9)16)18-8-17-12/h6-7,12-13,16H,1-5,8H2. The molecule has 0 radical (unpaired) electrons. The predicted molar refractivity (Wildman–Crippen MR) is 70.7 cm³/mol. The Bertz CT molecular complexity index is 375. The maximum absolute atomic E-state index is 12.0. The largest absolute Gasteiger partial charge is 0.507 e. The number of unbranched alkanes of at least 4 members (excludes halogenated alkanes) is 2. The van der Waals surface area contributed by atoms with Gasteiger partial charge in [-0.15, -0.1) is 0 Å². The molecule has 100 valence electrons. The summed E-state index contributed by atoms with van der Waals surface area (Å²) in [6, 6.07) is 0. The summed E-state index contributed by atoms with van der Waals surface area (Å²) in [6.45, 7) is 0.211. The second-order valence-electron chi connectivity index (χ2n) is 4.44. The Balaban J connectivity index is 1.91. The van der Waals surface area contributed by atoms with Crippen molar-refractivity contribution in [1.29, 1.82) is 0 Å². The van der Waals surface area contributed by atoms with Crippen LogP contribution in [0.3, 0.4) is 0 Å². The number of carbonyl (C=O) groups is 1. The third kappa shape index (κ3) is 3.22. The molecule has 1 aliphatic heterocycles. The van der Waals surface area contributed by atoms with E-state index in [4.69, 9.17) is 9.47 Å². The molecule has 0 aromatic heterocycles. The lowest BCUT2D eigenvalue weighted by molar-refractivity contribution is -0.115. The van der Waals surface area contributed by atoms with E-state index >= 15 is 0 Å². The lowest BCUT2D eigenvalue weighted by Crippen LogP contribution is -2.25. The monoisotopic (exact) mass is 316 g/mol. The third-order valence-corrected chi connectivity index (χ3v) is 3.67. The fraction of sp³-hybridized carbons (Fsp3) is 0.615. The zero-order valence-corrected chi connectivity index (χ0v) is 11.7. The maximum atomic E-state index is 12.0. The molecule has 2 rings (SSSR count). The number of rotatable bonds is 6. The van der Waals surface area contributed by atoms with E-state index in [0.717, 1.165) is 24.6 Å². The topological polar surface area (TPSA) is 55.8 Å². The van der Waals surface area contributed by atoms with Gasteiger partial charge in [0.2, 0.25) is 0 Å². The second kappa shape index (κ2) is 6.50. The number of allylic oxidation sites excluding steroid dienone is 1. The van der Waals surface area contributed by atoms with Crippen LogP contribution in [-0.4, -0.2) is 35.2 Å². The normalized spacial score (nSPS) is 26.5. The highest BCUT2D eigenvalue weighted by Gasteiger charge is 2.32. The first-order valence-electron chi connectivity index (χ1n) is 6.17. The Morgan fingerprint density at radius 1 is 1.28 bits per heavy atom. The van der Waals surface area contributed by atoms with E-state index in [1.54, 1.807) is 12.2 Å². The van der Waals surface area contributed by atoms with E-state index < -0.39 is 0 Å². The van der Waals surface area contributed by atoms with Crippen LogP contribution in [0.5, 0.6) is 0 Å². The molecule has 1 saturated heterocycles. The molecule has 2 unspecified atom stereocenters. The van der Waals surface area contributed by atoms with Crippen LogP contribution in [0.15, 0.2) is 23.5 Å². The Morgan fingerprint density at radius 2 is 2.00 bits per heavy atom. The number of alkyl halides is 1. The van der Waals surface area contributed by atoms with Crippen molar-refractivity contribution in [1.82, 2.24) is 0 Å². The van der Waals surface area contributed by atoms with Gasteiger partial charge in [0.1, 0.15) is 24.8 Å². The van der Waals surface area contributed by atoms with Gasteiger partial charge in [-0.3, -0.25) is 4.79 Å². The van der Waals surface area contributed by atoms with Gasteiger partial charge in [-0.05, 0) is 25.0 Å². The van der Waals surface area contributed by atoms with E-state index in [9.17, 15) is 9.90 Å². The van der Waals surface area contributed by atoms with E-state index in [1.165, 1.54) is 0 Å². The van der Waals surface area contributed by atoms with Crippen LogP contribution in [0.25, 0.3) is 0 Å². The number of aliphatic hydroxyl groups is 1. The SMILES string of the molecule is O=C(CCCCCBr)C1=CC2OCOC2C=C1O. The zero-order valence-electron chi connectivity index (χ0n) is 10.1. The highest BCUT2D eigenvalue weighted by atomic mass is 79.9. The maximum Gasteiger partial charge on any atom is 0.166 e. The summed E-state index contributed by atoms with van der Waals surface area (Å²) in [4.78, 5) is 12.0. The summed E-state index contributed by atoms with van der Waals surface area (Å²) in [5.74, 6) is -0.000450. The highest BCUT2D eigenvalue weighted by molar-refractivity contribution is 9.09. The first kappa shape index (κ1) is 13.8. The number of ketones is 1. The molecular weight excluding hydrogens is 300 g/mol. The summed E-state index contributed by atoms with van der Waals surface area (Å²) in [5.41, 5.74) is 0.376. The van der Waals surface area contributed by atoms with Gasteiger partial charge in [-0.25, -0.2) is 0 Å². The van der Waals surface area contributed by atoms with Gasteiger partial charge in [0.05, 0.1) is 5.57 Å². The van der Waals surface area contributed by atoms with Crippen LogP contribution in [0.4, 0.5) is 0 Å². The van der Waals surface area contributed by atoms with Crippen LogP contribution in [0, 0.1) is 0 Å². The summed E-state index contributed by atoms with van der Waals surface area (Å²) < 4.78 is 10.6. The molecule has 5 heteroatoms. The van der Waals surface area contributed by atoms with Crippen molar-refractivity contribution in [3.63, 3.8) is 0 Å². The number of aliphatic hydroxyl groups excluding tert-OH is 1. The molecule has 0 aromatic carbocycles. The molecule has 2 atom stereocenters. The van der Waals surface area contributed by atoms with Crippen molar-refractivity contribution in [3.8, 4) is 0 Å². The summed E-state index contributed by atoms with van der Waals surface area (Å²) in [6.07, 6.45) is 6.15. The summed E-state index contributed by atoms with van der Waals surface area (Å²) >= 11 is 3.36. The zero-order chi connectivity index (χ0) is 13.0. The first-order valence-corrected chi connectivity index (χ1v) is 7.30. The molecule has 0 spiro atoms. The highest BCUT2D eigenvalue weighted by Crippen LogP contribution is 2.27. The van der Waals surface area contributed by atoms with E-state index in [-0.39, 0.29) is 30.5 Å². The van der Waals surface area contributed by atoms with Crippen LogP contribution in [0.2, 0.25) is 0 Å².